The summed E-state index contributed by atoms with van der Waals surface area (Å²) in [6.07, 6.45) is 0. The highest BCUT2D eigenvalue weighted by Crippen LogP contribution is 2.13. The van der Waals surface area contributed by atoms with Gasteiger partial charge in [0.15, 0.2) is 0 Å². The summed E-state index contributed by atoms with van der Waals surface area (Å²) in [6, 6.07) is 6.02. The second kappa shape index (κ2) is 8.14. The summed E-state index contributed by atoms with van der Waals surface area (Å²) in [5.74, 6) is -0.867. The van der Waals surface area contributed by atoms with Gasteiger partial charge in [-0.1, -0.05) is 13.8 Å². The second-order valence-electron chi connectivity index (χ2n) is 5.29. The van der Waals surface area contributed by atoms with Gasteiger partial charge in [-0.15, -0.1) is 0 Å². The van der Waals surface area contributed by atoms with Crippen molar-refractivity contribution in [2.24, 2.45) is 11.7 Å². The number of nitrogens with two attached hydrogens (primary N) is 1. The van der Waals surface area contributed by atoms with Gasteiger partial charge >= 0.3 is 0 Å². The van der Waals surface area contributed by atoms with Crippen LogP contribution in [0, 0.1) is 5.92 Å². The lowest BCUT2D eigenvalue weighted by molar-refractivity contribution is -0.125. The third-order valence-electron chi connectivity index (χ3n) is 2.93. The van der Waals surface area contributed by atoms with Crippen LogP contribution in [0.2, 0.25) is 0 Å². The lowest BCUT2D eigenvalue weighted by atomic mass is 10.1. The smallest absolute Gasteiger partial charge is 0.243 e. The number of nitrogens with one attached hydrogen (secondary N) is 3. The lowest BCUT2D eigenvalue weighted by Crippen LogP contribution is -2.46. The quantitative estimate of drug-likeness (QED) is 0.619. The van der Waals surface area contributed by atoms with E-state index in [-0.39, 0.29) is 30.2 Å². The van der Waals surface area contributed by atoms with Crippen LogP contribution in [0.4, 0.5) is 11.4 Å². The van der Waals surface area contributed by atoms with Crippen molar-refractivity contribution in [3.8, 4) is 0 Å². The van der Waals surface area contributed by atoms with Gasteiger partial charge in [0.05, 0.1) is 12.6 Å². The normalized spacial score (nSPS) is 11.7. The number of carbonyl (C=O) groups is 3. The van der Waals surface area contributed by atoms with E-state index in [4.69, 9.17) is 5.73 Å². The molecule has 0 radical (unpaired) electrons. The summed E-state index contributed by atoms with van der Waals surface area (Å²) in [4.78, 5) is 34.3. The summed E-state index contributed by atoms with van der Waals surface area (Å²) in [5, 5.41) is 7.75. The molecule has 0 bridgehead atoms. The second-order valence-corrected chi connectivity index (χ2v) is 5.29. The molecular formula is C15H22N4O3. The minimum absolute atomic E-state index is 0.00406. The van der Waals surface area contributed by atoms with Crippen molar-refractivity contribution in [3.63, 3.8) is 0 Å². The van der Waals surface area contributed by atoms with Gasteiger partial charge in [0.2, 0.25) is 17.7 Å². The Bertz CT molecular complexity index is 540. The molecule has 7 nitrogen and oxygen atoms in total. The van der Waals surface area contributed by atoms with E-state index in [0.717, 1.165) is 0 Å². The van der Waals surface area contributed by atoms with Gasteiger partial charge in [-0.3, -0.25) is 14.4 Å². The van der Waals surface area contributed by atoms with E-state index in [1.807, 2.05) is 13.8 Å². The maximum absolute atomic E-state index is 11.7. The molecule has 0 aliphatic rings. The first-order valence-corrected chi connectivity index (χ1v) is 7.00. The van der Waals surface area contributed by atoms with E-state index < -0.39 is 6.04 Å². The zero-order valence-electron chi connectivity index (χ0n) is 13.0. The monoisotopic (exact) mass is 306 g/mol. The van der Waals surface area contributed by atoms with Crippen molar-refractivity contribution >= 4 is 29.1 Å². The fourth-order valence-electron chi connectivity index (χ4n) is 1.63. The van der Waals surface area contributed by atoms with Crippen molar-refractivity contribution in [2.75, 3.05) is 17.2 Å². The number of carbonyl (C=O) groups excluding carboxylic acids is 3. The molecule has 0 spiro atoms. The predicted octanol–water partition coefficient (Wildman–Crippen LogP) is 0.683. The van der Waals surface area contributed by atoms with Crippen LogP contribution in [0.3, 0.4) is 0 Å². The fourth-order valence-corrected chi connectivity index (χ4v) is 1.63. The number of benzene rings is 1. The van der Waals surface area contributed by atoms with Gasteiger partial charge in [0.1, 0.15) is 0 Å². The topological polar surface area (TPSA) is 113 Å². The Labute approximate surface area is 129 Å². The molecule has 1 atom stereocenters. The molecule has 0 aliphatic heterocycles. The first-order valence-electron chi connectivity index (χ1n) is 7.00. The van der Waals surface area contributed by atoms with Crippen molar-refractivity contribution < 1.29 is 14.4 Å². The van der Waals surface area contributed by atoms with Gasteiger partial charge in [0.25, 0.3) is 0 Å². The van der Waals surface area contributed by atoms with Crippen LogP contribution in [0.25, 0.3) is 0 Å². The number of amides is 3. The van der Waals surface area contributed by atoms with Crippen LogP contribution in [0.1, 0.15) is 20.8 Å². The number of hydrogen-bond acceptors (Lipinski definition) is 4. The van der Waals surface area contributed by atoms with Crippen molar-refractivity contribution in [1.82, 2.24) is 5.32 Å². The number of rotatable bonds is 6. The van der Waals surface area contributed by atoms with Gasteiger partial charge in [-0.2, -0.15) is 0 Å². The standard InChI is InChI=1S/C15H22N4O3/c1-9(2)14(16)15(22)17-8-13(21)19-12-6-4-11(5-7-12)18-10(3)20/h4-7,9,14H,8,16H2,1-3H3,(H,17,22)(H,18,20)(H,19,21)/t14-/m0/s1. The van der Waals surface area contributed by atoms with Crippen molar-refractivity contribution in [3.05, 3.63) is 24.3 Å². The Hall–Kier alpha value is -2.41. The van der Waals surface area contributed by atoms with E-state index in [9.17, 15) is 14.4 Å². The molecule has 0 aliphatic carbocycles. The molecule has 5 N–H and O–H groups in total. The Morgan fingerprint density at radius 2 is 1.55 bits per heavy atom. The van der Waals surface area contributed by atoms with Crippen LogP contribution in [-0.2, 0) is 14.4 Å². The molecule has 0 fully saturated rings. The average Bonchev–Trinajstić information content (AvgIpc) is 2.45. The predicted molar refractivity (Wildman–Crippen MR) is 85.2 cm³/mol. The SMILES string of the molecule is CC(=O)Nc1ccc(NC(=O)CNC(=O)[C@@H](N)C(C)C)cc1. The molecule has 120 valence electrons. The molecule has 3 amide bonds. The summed E-state index contributed by atoms with van der Waals surface area (Å²) in [5.41, 5.74) is 6.89. The zero-order chi connectivity index (χ0) is 16.7. The highest BCUT2D eigenvalue weighted by atomic mass is 16.2. The van der Waals surface area contributed by atoms with Gasteiger partial charge in [-0.25, -0.2) is 0 Å². The minimum Gasteiger partial charge on any atom is -0.346 e. The third-order valence-corrected chi connectivity index (χ3v) is 2.93. The molecular weight excluding hydrogens is 284 g/mol. The Kier molecular flexibility index (Phi) is 6.52. The zero-order valence-corrected chi connectivity index (χ0v) is 13.0. The van der Waals surface area contributed by atoms with E-state index in [1.165, 1.54) is 6.92 Å². The third kappa shape index (κ3) is 5.92. The molecule has 22 heavy (non-hydrogen) atoms. The minimum atomic E-state index is -0.635. The molecule has 0 aromatic heterocycles. The first kappa shape index (κ1) is 17.6. The summed E-state index contributed by atoms with van der Waals surface area (Å²) in [7, 11) is 0. The summed E-state index contributed by atoms with van der Waals surface area (Å²) >= 11 is 0. The van der Waals surface area contributed by atoms with E-state index in [1.54, 1.807) is 24.3 Å². The molecule has 0 unspecified atom stereocenters. The molecule has 0 saturated heterocycles. The molecule has 1 rings (SSSR count). The number of hydrogen-bond donors (Lipinski definition) is 4. The molecule has 0 heterocycles. The van der Waals surface area contributed by atoms with E-state index in [2.05, 4.69) is 16.0 Å². The largest absolute Gasteiger partial charge is 0.346 e. The maximum Gasteiger partial charge on any atom is 0.243 e. The Balaban J connectivity index is 2.45. The summed E-state index contributed by atoms with van der Waals surface area (Å²) in [6.45, 7) is 4.94. The van der Waals surface area contributed by atoms with Gasteiger partial charge < -0.3 is 21.7 Å². The summed E-state index contributed by atoms with van der Waals surface area (Å²) < 4.78 is 0. The lowest BCUT2D eigenvalue weighted by Gasteiger charge is -2.15. The van der Waals surface area contributed by atoms with Crippen molar-refractivity contribution in [1.29, 1.82) is 0 Å². The van der Waals surface area contributed by atoms with Crippen LogP contribution >= 0.6 is 0 Å². The first-order chi connectivity index (χ1) is 10.3. The highest BCUT2D eigenvalue weighted by Gasteiger charge is 2.17. The van der Waals surface area contributed by atoms with Crippen LogP contribution in [0.15, 0.2) is 24.3 Å². The van der Waals surface area contributed by atoms with Gasteiger partial charge in [0, 0.05) is 18.3 Å². The van der Waals surface area contributed by atoms with E-state index in [0.29, 0.717) is 11.4 Å². The Morgan fingerprint density at radius 3 is 2.00 bits per heavy atom. The van der Waals surface area contributed by atoms with Crippen LogP contribution < -0.4 is 21.7 Å². The molecule has 1 aromatic carbocycles. The fraction of sp³-hybridized carbons (Fsp3) is 0.400. The average molecular weight is 306 g/mol. The Morgan fingerprint density at radius 1 is 1.05 bits per heavy atom. The van der Waals surface area contributed by atoms with Crippen LogP contribution in [0.5, 0.6) is 0 Å². The number of anilines is 2. The molecule has 0 saturated carbocycles. The van der Waals surface area contributed by atoms with Gasteiger partial charge in [-0.05, 0) is 30.2 Å². The van der Waals surface area contributed by atoms with E-state index >= 15 is 0 Å². The highest BCUT2D eigenvalue weighted by molar-refractivity contribution is 5.95. The molecule has 1 aromatic rings. The van der Waals surface area contributed by atoms with Crippen molar-refractivity contribution in [2.45, 2.75) is 26.8 Å². The maximum atomic E-state index is 11.7. The van der Waals surface area contributed by atoms with Crippen LogP contribution in [-0.4, -0.2) is 30.3 Å². The molecule has 7 heteroatoms.